The predicted octanol–water partition coefficient (Wildman–Crippen LogP) is 2.67. The molecule has 0 spiro atoms. The third kappa shape index (κ3) is 6.46. The van der Waals surface area contributed by atoms with Gasteiger partial charge in [0.25, 0.3) is 0 Å². The largest absolute Gasteiger partial charge is 0.384 e. The zero-order chi connectivity index (χ0) is 13.9. The van der Waals surface area contributed by atoms with Crippen LogP contribution in [0.25, 0.3) is 0 Å². The maximum Gasteiger partial charge on any atom is 0.221 e. The van der Waals surface area contributed by atoms with E-state index in [2.05, 4.69) is 23.6 Å². The number of hydrogen-bond donors (Lipinski definition) is 2. The van der Waals surface area contributed by atoms with Gasteiger partial charge in [0.2, 0.25) is 5.91 Å². The average Bonchev–Trinajstić information content (AvgIpc) is 2.44. The minimum Gasteiger partial charge on any atom is -0.384 e. The molecule has 0 unspecified atom stereocenters. The number of nitriles is 1. The number of carbonyl (C=O) groups excluding carboxylic acids is 1. The van der Waals surface area contributed by atoms with Crippen molar-refractivity contribution >= 4 is 11.6 Å². The van der Waals surface area contributed by atoms with E-state index in [0.29, 0.717) is 18.5 Å². The number of anilines is 1. The molecule has 0 saturated heterocycles. The van der Waals surface area contributed by atoms with Crippen LogP contribution >= 0.6 is 0 Å². The van der Waals surface area contributed by atoms with Crippen LogP contribution in [-0.2, 0) is 4.79 Å². The van der Waals surface area contributed by atoms with E-state index < -0.39 is 0 Å². The molecule has 0 aliphatic heterocycles. The summed E-state index contributed by atoms with van der Waals surface area (Å²) in [6.07, 6.45) is 3.80. The van der Waals surface area contributed by atoms with Crippen LogP contribution < -0.4 is 10.6 Å². The van der Waals surface area contributed by atoms with E-state index >= 15 is 0 Å². The maximum atomic E-state index is 11.5. The second-order valence-electron chi connectivity index (χ2n) is 4.43. The standard InChI is InChI=1S/C15H21N3O/c1-2-3-4-9-18-15(19)8-10-17-14-7-5-6-13(11-14)12-16/h5-7,11,17H,2-4,8-10H2,1H3,(H,18,19). The number of rotatable bonds is 8. The van der Waals surface area contributed by atoms with Crippen LogP contribution in [0.5, 0.6) is 0 Å². The van der Waals surface area contributed by atoms with Gasteiger partial charge in [-0.15, -0.1) is 0 Å². The lowest BCUT2D eigenvalue weighted by Crippen LogP contribution is -2.26. The number of carbonyl (C=O) groups is 1. The summed E-state index contributed by atoms with van der Waals surface area (Å²) in [6.45, 7) is 3.48. The van der Waals surface area contributed by atoms with Crippen molar-refractivity contribution in [3.8, 4) is 6.07 Å². The first-order valence-electron chi connectivity index (χ1n) is 6.77. The van der Waals surface area contributed by atoms with E-state index in [1.807, 2.05) is 12.1 Å². The van der Waals surface area contributed by atoms with E-state index in [0.717, 1.165) is 31.5 Å². The number of benzene rings is 1. The molecule has 1 aromatic carbocycles. The molecular formula is C15H21N3O. The zero-order valence-electron chi connectivity index (χ0n) is 11.4. The number of nitrogens with zero attached hydrogens (tertiary/aromatic N) is 1. The Balaban J connectivity index is 2.19. The molecule has 0 aliphatic carbocycles. The van der Waals surface area contributed by atoms with E-state index in [-0.39, 0.29) is 5.91 Å². The minimum absolute atomic E-state index is 0.0695. The lowest BCUT2D eigenvalue weighted by molar-refractivity contribution is -0.120. The summed E-state index contributed by atoms with van der Waals surface area (Å²) in [5, 5.41) is 14.8. The molecule has 0 heterocycles. The fourth-order valence-corrected chi connectivity index (χ4v) is 1.71. The van der Waals surface area contributed by atoms with Crippen molar-refractivity contribution in [1.29, 1.82) is 5.26 Å². The third-order valence-corrected chi connectivity index (χ3v) is 2.78. The van der Waals surface area contributed by atoms with Crippen LogP contribution in [0.15, 0.2) is 24.3 Å². The van der Waals surface area contributed by atoms with Gasteiger partial charge in [-0.25, -0.2) is 0 Å². The molecule has 102 valence electrons. The highest BCUT2D eigenvalue weighted by molar-refractivity contribution is 5.76. The SMILES string of the molecule is CCCCCNC(=O)CCNc1cccc(C#N)c1. The molecule has 4 heteroatoms. The van der Waals surface area contributed by atoms with Crippen molar-refractivity contribution in [3.05, 3.63) is 29.8 Å². The molecule has 4 nitrogen and oxygen atoms in total. The molecule has 19 heavy (non-hydrogen) atoms. The molecule has 0 atom stereocenters. The molecule has 2 N–H and O–H groups in total. The van der Waals surface area contributed by atoms with Gasteiger partial charge in [0.1, 0.15) is 0 Å². The zero-order valence-corrected chi connectivity index (χ0v) is 11.4. The fourth-order valence-electron chi connectivity index (χ4n) is 1.71. The Bertz CT molecular complexity index is 437. The number of amides is 1. The van der Waals surface area contributed by atoms with Gasteiger partial charge in [0, 0.05) is 25.2 Å². The Morgan fingerprint density at radius 2 is 2.16 bits per heavy atom. The van der Waals surface area contributed by atoms with Crippen molar-refractivity contribution < 1.29 is 4.79 Å². The quantitative estimate of drug-likeness (QED) is 0.705. The average molecular weight is 259 g/mol. The molecule has 0 aliphatic rings. The van der Waals surface area contributed by atoms with Crippen molar-refractivity contribution in [2.24, 2.45) is 0 Å². The normalized spacial score (nSPS) is 9.68. The van der Waals surface area contributed by atoms with Crippen molar-refractivity contribution in [2.45, 2.75) is 32.6 Å². The van der Waals surface area contributed by atoms with Crippen LogP contribution in [0.3, 0.4) is 0 Å². The second kappa shape index (κ2) is 8.98. The summed E-state index contributed by atoms with van der Waals surface area (Å²) >= 11 is 0. The van der Waals surface area contributed by atoms with Crippen LogP contribution in [0.4, 0.5) is 5.69 Å². The molecule has 0 bridgehead atoms. The lowest BCUT2D eigenvalue weighted by Gasteiger charge is -2.07. The summed E-state index contributed by atoms with van der Waals surface area (Å²) in [6, 6.07) is 9.33. The number of nitrogens with one attached hydrogen (secondary N) is 2. The van der Waals surface area contributed by atoms with Crippen molar-refractivity contribution in [2.75, 3.05) is 18.4 Å². The Morgan fingerprint density at radius 1 is 1.32 bits per heavy atom. The van der Waals surface area contributed by atoms with Gasteiger partial charge >= 0.3 is 0 Å². The molecule has 1 rings (SSSR count). The number of hydrogen-bond acceptors (Lipinski definition) is 3. The molecular weight excluding hydrogens is 238 g/mol. The third-order valence-electron chi connectivity index (χ3n) is 2.78. The van der Waals surface area contributed by atoms with Gasteiger partial charge in [-0.2, -0.15) is 5.26 Å². The van der Waals surface area contributed by atoms with E-state index in [9.17, 15) is 4.79 Å². The van der Waals surface area contributed by atoms with Gasteiger partial charge in [0.05, 0.1) is 11.6 Å². The van der Waals surface area contributed by atoms with E-state index in [1.165, 1.54) is 0 Å². The lowest BCUT2D eigenvalue weighted by atomic mass is 10.2. The maximum absolute atomic E-state index is 11.5. The number of unbranched alkanes of at least 4 members (excludes halogenated alkanes) is 2. The summed E-state index contributed by atoms with van der Waals surface area (Å²) in [5.41, 5.74) is 1.49. The fraction of sp³-hybridized carbons (Fsp3) is 0.467. The van der Waals surface area contributed by atoms with Crippen LogP contribution in [0.1, 0.15) is 38.2 Å². The topological polar surface area (TPSA) is 64.9 Å². The Kier molecular flexibility index (Phi) is 7.11. The highest BCUT2D eigenvalue weighted by Crippen LogP contribution is 2.09. The Morgan fingerprint density at radius 3 is 2.89 bits per heavy atom. The molecule has 0 radical (unpaired) electrons. The van der Waals surface area contributed by atoms with Crippen molar-refractivity contribution in [3.63, 3.8) is 0 Å². The minimum atomic E-state index is 0.0695. The van der Waals surface area contributed by atoms with Gasteiger partial charge in [-0.05, 0) is 24.6 Å². The molecule has 0 aromatic heterocycles. The van der Waals surface area contributed by atoms with Crippen molar-refractivity contribution in [1.82, 2.24) is 5.32 Å². The van der Waals surface area contributed by atoms with Gasteiger partial charge in [-0.1, -0.05) is 25.8 Å². The van der Waals surface area contributed by atoms with Gasteiger partial charge < -0.3 is 10.6 Å². The monoisotopic (exact) mass is 259 g/mol. The van der Waals surface area contributed by atoms with Crippen LogP contribution in [0, 0.1) is 11.3 Å². The van der Waals surface area contributed by atoms with E-state index in [4.69, 9.17) is 5.26 Å². The molecule has 1 aromatic rings. The van der Waals surface area contributed by atoms with Gasteiger partial charge in [-0.3, -0.25) is 4.79 Å². The smallest absolute Gasteiger partial charge is 0.221 e. The Hall–Kier alpha value is -2.02. The molecule has 1 amide bonds. The van der Waals surface area contributed by atoms with Crippen LogP contribution in [-0.4, -0.2) is 19.0 Å². The summed E-state index contributed by atoms with van der Waals surface area (Å²) in [5.74, 6) is 0.0695. The summed E-state index contributed by atoms with van der Waals surface area (Å²) in [4.78, 5) is 11.5. The molecule has 0 fully saturated rings. The van der Waals surface area contributed by atoms with E-state index in [1.54, 1.807) is 12.1 Å². The van der Waals surface area contributed by atoms with Crippen LogP contribution in [0.2, 0.25) is 0 Å². The molecule has 0 saturated carbocycles. The summed E-state index contributed by atoms with van der Waals surface area (Å²) < 4.78 is 0. The van der Waals surface area contributed by atoms with Gasteiger partial charge in [0.15, 0.2) is 0 Å². The first-order valence-corrected chi connectivity index (χ1v) is 6.77. The predicted molar refractivity (Wildman–Crippen MR) is 76.8 cm³/mol. The Labute approximate surface area is 114 Å². The first-order chi connectivity index (χ1) is 9.26. The first kappa shape index (κ1) is 15.0. The highest BCUT2D eigenvalue weighted by atomic mass is 16.1. The highest BCUT2D eigenvalue weighted by Gasteiger charge is 2.00. The summed E-state index contributed by atoms with van der Waals surface area (Å²) in [7, 11) is 0. The second-order valence-corrected chi connectivity index (χ2v) is 4.43.